The number of piperazine rings is 1. The maximum atomic E-state index is 11.3. The van der Waals surface area contributed by atoms with E-state index in [1.807, 2.05) is 0 Å². The Bertz CT molecular complexity index is 1060. The molecule has 5 rings (SSSR count). The number of fused-ring (bicyclic) bond motifs is 8. The molecule has 0 radical (unpaired) electrons. The number of benzene rings is 2. The molecule has 0 spiro atoms. The summed E-state index contributed by atoms with van der Waals surface area (Å²) < 4.78 is 0. The van der Waals surface area contributed by atoms with Gasteiger partial charge in [-0.25, -0.2) is 0 Å². The lowest BCUT2D eigenvalue weighted by Gasteiger charge is -2.35. The number of nitrogens with zero attached hydrogens (tertiary/aromatic N) is 2. The quantitative estimate of drug-likeness (QED) is 0.370. The lowest BCUT2D eigenvalue weighted by molar-refractivity contribution is 0.120. The Morgan fingerprint density at radius 1 is 0.615 bits per heavy atom. The third-order valence-electron chi connectivity index (χ3n) is 8.36. The summed E-state index contributed by atoms with van der Waals surface area (Å²) in [4.78, 5) is 4.90. The summed E-state index contributed by atoms with van der Waals surface area (Å²) in [6.45, 7) is 26.1. The predicted octanol–water partition coefficient (Wildman–Crippen LogP) is 5.23. The highest BCUT2D eigenvalue weighted by atomic mass is 16.3. The van der Waals surface area contributed by atoms with Crippen LogP contribution >= 0.6 is 0 Å². The molecule has 3 aliphatic rings. The topological polar surface area (TPSA) is 71.0 Å². The van der Waals surface area contributed by atoms with Crippen LogP contribution in [0.4, 0.5) is 0 Å². The van der Waals surface area contributed by atoms with Crippen molar-refractivity contribution in [3.8, 4) is 11.5 Å². The van der Waals surface area contributed by atoms with Gasteiger partial charge in [-0.15, -0.1) is 0 Å². The Morgan fingerprint density at radius 2 is 0.949 bits per heavy atom. The van der Waals surface area contributed by atoms with Gasteiger partial charge in [-0.05, 0) is 27.4 Å². The Labute approximate surface area is 236 Å². The molecule has 0 amide bonds. The van der Waals surface area contributed by atoms with Gasteiger partial charge < -0.3 is 20.8 Å². The van der Waals surface area contributed by atoms with Gasteiger partial charge in [-0.3, -0.25) is 9.80 Å². The van der Waals surface area contributed by atoms with Crippen molar-refractivity contribution in [2.75, 3.05) is 39.3 Å². The summed E-state index contributed by atoms with van der Waals surface area (Å²) in [5.41, 5.74) is 6.55. The van der Waals surface area contributed by atoms with Gasteiger partial charge >= 0.3 is 0 Å². The molecule has 6 bridgehead atoms. The molecule has 3 aliphatic heterocycles. The third-order valence-corrected chi connectivity index (χ3v) is 8.36. The molecule has 39 heavy (non-hydrogen) atoms. The number of phenolic OH excluding ortho intramolecular Hbond substituents is 2. The van der Waals surface area contributed by atoms with E-state index in [-0.39, 0.29) is 16.2 Å². The van der Waals surface area contributed by atoms with Gasteiger partial charge in [-0.1, -0.05) is 79.7 Å². The summed E-state index contributed by atoms with van der Waals surface area (Å²) in [5, 5.41) is 29.9. The molecule has 2 aromatic rings. The van der Waals surface area contributed by atoms with Crippen LogP contribution in [0.1, 0.15) is 88.8 Å². The van der Waals surface area contributed by atoms with Crippen LogP contribution in [0.3, 0.4) is 0 Å². The van der Waals surface area contributed by atoms with Gasteiger partial charge in [0.15, 0.2) is 0 Å². The largest absolute Gasteiger partial charge is 0.507 e. The molecule has 0 aromatic heterocycles. The number of rotatable bonds is 0. The lowest BCUT2D eigenvalue weighted by Crippen LogP contribution is -2.45. The predicted molar refractivity (Wildman–Crippen MR) is 161 cm³/mol. The third kappa shape index (κ3) is 7.55. The molecular formula is C33H52N4O2. The van der Waals surface area contributed by atoms with E-state index in [0.717, 1.165) is 74.6 Å². The zero-order valence-corrected chi connectivity index (χ0v) is 25.7. The van der Waals surface area contributed by atoms with E-state index in [1.54, 1.807) is 0 Å². The van der Waals surface area contributed by atoms with E-state index >= 15 is 0 Å². The fourth-order valence-corrected chi connectivity index (χ4v) is 5.62. The number of hydrogen-bond donors (Lipinski definition) is 4. The number of aromatic hydroxyl groups is 2. The van der Waals surface area contributed by atoms with Gasteiger partial charge in [-0.2, -0.15) is 0 Å². The Balaban J connectivity index is 1.66. The second-order valence-corrected chi connectivity index (χ2v) is 14.7. The second-order valence-electron chi connectivity index (χ2n) is 14.7. The normalized spacial score (nSPS) is 23.1. The van der Waals surface area contributed by atoms with Crippen molar-refractivity contribution in [3.05, 3.63) is 57.6 Å². The van der Waals surface area contributed by atoms with Crippen LogP contribution in [0, 0.1) is 5.41 Å². The number of nitrogens with one attached hydrogen (secondary N) is 2. The highest BCUT2D eigenvalue weighted by molar-refractivity contribution is 5.47. The molecule has 6 nitrogen and oxygen atoms in total. The number of hydrogen-bond acceptors (Lipinski definition) is 6. The first-order chi connectivity index (χ1) is 18.1. The van der Waals surface area contributed by atoms with Gasteiger partial charge in [0.05, 0.1) is 0 Å². The van der Waals surface area contributed by atoms with Crippen molar-refractivity contribution in [1.82, 2.24) is 20.4 Å². The molecular weight excluding hydrogens is 484 g/mol. The molecule has 0 atom stereocenters. The Kier molecular flexibility index (Phi) is 8.73. The lowest BCUT2D eigenvalue weighted by atomic mass is 9.84. The van der Waals surface area contributed by atoms with Crippen LogP contribution in [-0.2, 0) is 37.0 Å². The first kappa shape index (κ1) is 29.9. The fraction of sp³-hybridized carbons (Fsp3) is 0.636. The van der Waals surface area contributed by atoms with Crippen molar-refractivity contribution in [2.24, 2.45) is 5.41 Å². The molecule has 216 valence electrons. The minimum absolute atomic E-state index is 0.000391. The van der Waals surface area contributed by atoms with Crippen LogP contribution in [-0.4, -0.2) is 59.3 Å². The standard InChI is InChI=1S/C33H52N4O2/c1-31(2,3)27-13-23-17-34-21-33(7,8)22-35-18-24-14-28(32(4,5)6)16-26(30(24)39)20-37-11-9-36(10-12-37)19-25(15-27)29(23)38/h13-16,34-35,38-39H,9-12,17-22H2,1-8H3. The van der Waals surface area contributed by atoms with E-state index in [9.17, 15) is 10.2 Å². The zero-order valence-electron chi connectivity index (χ0n) is 25.7. The maximum Gasteiger partial charge on any atom is 0.124 e. The molecule has 1 saturated heterocycles. The number of phenols is 2. The molecule has 4 N–H and O–H groups in total. The molecule has 0 unspecified atom stereocenters. The van der Waals surface area contributed by atoms with E-state index in [2.05, 4.69) is 100 Å². The Hall–Kier alpha value is -2.12. The van der Waals surface area contributed by atoms with Crippen LogP contribution in [0.5, 0.6) is 11.5 Å². The van der Waals surface area contributed by atoms with Gasteiger partial charge in [0, 0.05) is 87.7 Å². The Morgan fingerprint density at radius 3 is 1.28 bits per heavy atom. The molecule has 0 saturated carbocycles. The summed E-state index contributed by atoms with van der Waals surface area (Å²) in [6.07, 6.45) is 0. The molecule has 0 aliphatic carbocycles. The highest BCUT2D eigenvalue weighted by Gasteiger charge is 2.25. The van der Waals surface area contributed by atoms with Crippen molar-refractivity contribution in [2.45, 2.75) is 92.4 Å². The average Bonchev–Trinajstić information content (AvgIpc) is 2.82. The van der Waals surface area contributed by atoms with Crippen molar-refractivity contribution in [3.63, 3.8) is 0 Å². The monoisotopic (exact) mass is 536 g/mol. The van der Waals surface area contributed by atoms with Crippen LogP contribution in [0.25, 0.3) is 0 Å². The van der Waals surface area contributed by atoms with Gasteiger partial charge in [0.2, 0.25) is 0 Å². The minimum Gasteiger partial charge on any atom is -0.507 e. The van der Waals surface area contributed by atoms with E-state index < -0.39 is 0 Å². The molecule has 6 heteroatoms. The molecule has 3 heterocycles. The average molecular weight is 537 g/mol. The summed E-state index contributed by atoms with van der Waals surface area (Å²) in [6, 6.07) is 8.78. The summed E-state index contributed by atoms with van der Waals surface area (Å²) in [7, 11) is 0. The second kappa shape index (κ2) is 11.4. The SMILES string of the molecule is CC1(C)CNCc2cc(C(C)(C)C)cc(c2O)CN2CCN(CC2)Cc2cc(C(C)(C)C)cc(c2O)CNC1. The highest BCUT2D eigenvalue weighted by Crippen LogP contribution is 2.34. The molecule has 2 aromatic carbocycles. The van der Waals surface area contributed by atoms with Crippen LogP contribution < -0.4 is 10.6 Å². The van der Waals surface area contributed by atoms with Crippen LogP contribution in [0.15, 0.2) is 24.3 Å². The smallest absolute Gasteiger partial charge is 0.124 e. The van der Waals surface area contributed by atoms with E-state index in [1.165, 1.54) is 11.1 Å². The summed E-state index contributed by atoms with van der Waals surface area (Å²) >= 11 is 0. The fourth-order valence-electron chi connectivity index (χ4n) is 5.62. The van der Waals surface area contributed by atoms with Gasteiger partial charge in [0.1, 0.15) is 11.5 Å². The zero-order chi connectivity index (χ0) is 28.6. The van der Waals surface area contributed by atoms with Crippen molar-refractivity contribution in [1.29, 1.82) is 0 Å². The van der Waals surface area contributed by atoms with E-state index in [4.69, 9.17) is 0 Å². The van der Waals surface area contributed by atoms with Gasteiger partial charge in [0.25, 0.3) is 0 Å². The molecule has 1 fully saturated rings. The summed E-state index contributed by atoms with van der Waals surface area (Å²) in [5.74, 6) is 0.866. The first-order valence-corrected chi connectivity index (χ1v) is 14.7. The van der Waals surface area contributed by atoms with E-state index in [0.29, 0.717) is 24.6 Å². The van der Waals surface area contributed by atoms with Crippen LogP contribution in [0.2, 0.25) is 0 Å². The minimum atomic E-state index is -0.000391. The maximum absolute atomic E-state index is 11.3. The van der Waals surface area contributed by atoms with Crippen molar-refractivity contribution < 1.29 is 10.2 Å². The van der Waals surface area contributed by atoms with Crippen molar-refractivity contribution >= 4 is 0 Å². The first-order valence-electron chi connectivity index (χ1n) is 14.7.